The predicted octanol–water partition coefficient (Wildman–Crippen LogP) is 4.33. The van der Waals surface area contributed by atoms with Gasteiger partial charge in [0.25, 0.3) is 0 Å². The molecule has 1 aromatic heterocycles. The number of aromatic nitrogens is 1. The lowest BCUT2D eigenvalue weighted by atomic mass is 10.1. The van der Waals surface area contributed by atoms with Gasteiger partial charge in [0.2, 0.25) is 0 Å². The fourth-order valence-electron chi connectivity index (χ4n) is 1.83. The van der Waals surface area contributed by atoms with Gasteiger partial charge in [0.05, 0.1) is 5.38 Å². The third kappa shape index (κ3) is 2.56. The van der Waals surface area contributed by atoms with E-state index in [-0.39, 0.29) is 16.7 Å². The van der Waals surface area contributed by atoms with Gasteiger partial charge in [-0.25, -0.2) is 0 Å². The zero-order valence-electron chi connectivity index (χ0n) is 10.5. The SMILES string of the molecule is O=[N+]([O-])c1csc(N=Nc2c(O)ccc3ccccc23)n1. The van der Waals surface area contributed by atoms with E-state index in [0.717, 1.165) is 22.1 Å². The van der Waals surface area contributed by atoms with Crippen molar-refractivity contribution in [3.63, 3.8) is 0 Å². The van der Waals surface area contributed by atoms with Crippen LogP contribution >= 0.6 is 11.3 Å². The second-order valence-electron chi connectivity index (χ2n) is 4.10. The maximum Gasteiger partial charge on any atom is 0.377 e. The summed E-state index contributed by atoms with van der Waals surface area (Å²) in [4.78, 5) is 13.7. The first kappa shape index (κ1) is 13.1. The standard InChI is InChI=1S/C13H8N4O3S/c18-10-6-5-8-3-1-2-4-9(8)12(10)15-16-13-14-11(7-21-13)17(19)20/h1-7,18H. The van der Waals surface area contributed by atoms with E-state index in [1.54, 1.807) is 6.07 Å². The lowest BCUT2D eigenvalue weighted by Crippen LogP contribution is -1.85. The molecule has 0 atom stereocenters. The fraction of sp³-hybridized carbons (Fsp3) is 0. The Labute approximate surface area is 122 Å². The van der Waals surface area contributed by atoms with E-state index >= 15 is 0 Å². The van der Waals surface area contributed by atoms with Gasteiger partial charge in [-0.05, 0) is 21.4 Å². The summed E-state index contributed by atoms with van der Waals surface area (Å²) in [5, 5.41) is 31.4. The first-order chi connectivity index (χ1) is 10.1. The number of nitrogens with zero attached hydrogens (tertiary/aromatic N) is 4. The molecular weight excluding hydrogens is 292 g/mol. The van der Waals surface area contributed by atoms with Crippen LogP contribution < -0.4 is 0 Å². The Morgan fingerprint density at radius 3 is 2.76 bits per heavy atom. The van der Waals surface area contributed by atoms with Crippen LogP contribution in [0.3, 0.4) is 0 Å². The van der Waals surface area contributed by atoms with Gasteiger partial charge in [-0.3, -0.25) is 0 Å². The average molecular weight is 300 g/mol. The molecule has 0 radical (unpaired) electrons. The van der Waals surface area contributed by atoms with Gasteiger partial charge >= 0.3 is 10.9 Å². The summed E-state index contributed by atoms with van der Waals surface area (Å²) < 4.78 is 0. The molecule has 7 nitrogen and oxygen atoms in total. The predicted molar refractivity (Wildman–Crippen MR) is 78.6 cm³/mol. The third-order valence-electron chi connectivity index (χ3n) is 2.78. The van der Waals surface area contributed by atoms with E-state index in [2.05, 4.69) is 15.2 Å². The second kappa shape index (κ2) is 5.25. The van der Waals surface area contributed by atoms with Crippen molar-refractivity contribution in [1.29, 1.82) is 0 Å². The van der Waals surface area contributed by atoms with Crippen molar-refractivity contribution in [3.8, 4) is 5.75 Å². The Kier molecular flexibility index (Phi) is 3.28. The highest BCUT2D eigenvalue weighted by molar-refractivity contribution is 7.13. The Bertz CT molecular complexity index is 859. The van der Waals surface area contributed by atoms with Crippen LogP contribution in [0.4, 0.5) is 16.6 Å². The van der Waals surface area contributed by atoms with E-state index in [1.165, 1.54) is 11.4 Å². The van der Waals surface area contributed by atoms with E-state index in [1.807, 2.05) is 24.3 Å². The summed E-state index contributed by atoms with van der Waals surface area (Å²) in [5.74, 6) is -0.278. The van der Waals surface area contributed by atoms with Gasteiger partial charge in [-0.15, -0.1) is 5.11 Å². The average Bonchev–Trinajstić information content (AvgIpc) is 2.95. The number of aromatic hydroxyl groups is 1. The Morgan fingerprint density at radius 2 is 2.00 bits per heavy atom. The molecule has 2 aromatic carbocycles. The normalized spacial score (nSPS) is 11.2. The molecule has 0 spiro atoms. The van der Waals surface area contributed by atoms with Gasteiger partial charge in [0.15, 0.2) is 0 Å². The van der Waals surface area contributed by atoms with E-state index in [0.29, 0.717) is 5.69 Å². The molecule has 0 aliphatic carbocycles. The lowest BCUT2D eigenvalue weighted by Gasteiger charge is -2.02. The first-order valence-corrected chi connectivity index (χ1v) is 6.75. The summed E-state index contributed by atoms with van der Waals surface area (Å²) >= 11 is 1.01. The number of thiazole rings is 1. The first-order valence-electron chi connectivity index (χ1n) is 5.87. The van der Waals surface area contributed by atoms with E-state index in [4.69, 9.17) is 0 Å². The topological polar surface area (TPSA) is 101 Å². The molecule has 0 saturated carbocycles. The van der Waals surface area contributed by atoms with Crippen molar-refractivity contribution in [2.24, 2.45) is 10.2 Å². The quantitative estimate of drug-likeness (QED) is 0.442. The highest BCUT2D eigenvalue weighted by Crippen LogP contribution is 2.36. The van der Waals surface area contributed by atoms with Crippen molar-refractivity contribution in [1.82, 2.24) is 4.98 Å². The molecule has 104 valence electrons. The largest absolute Gasteiger partial charge is 0.506 e. The monoisotopic (exact) mass is 300 g/mol. The number of benzene rings is 2. The number of phenols is 1. The number of hydrogen-bond donors (Lipinski definition) is 1. The van der Waals surface area contributed by atoms with Crippen LogP contribution in [0.5, 0.6) is 5.75 Å². The zero-order chi connectivity index (χ0) is 14.8. The molecular formula is C13H8N4O3S. The Hall–Kier alpha value is -2.87. The summed E-state index contributed by atoms with van der Waals surface area (Å²) in [7, 11) is 0. The molecule has 8 heteroatoms. The minimum absolute atomic E-state index is 0.0106. The van der Waals surface area contributed by atoms with Crippen LogP contribution in [0.25, 0.3) is 10.8 Å². The number of nitro groups is 1. The van der Waals surface area contributed by atoms with Crippen LogP contribution in [0.2, 0.25) is 0 Å². The molecule has 0 bridgehead atoms. The molecule has 3 rings (SSSR count). The molecule has 1 heterocycles. The molecule has 0 aliphatic rings. The maximum atomic E-state index is 10.6. The Morgan fingerprint density at radius 1 is 1.19 bits per heavy atom. The molecule has 0 amide bonds. The van der Waals surface area contributed by atoms with E-state index < -0.39 is 4.92 Å². The minimum Gasteiger partial charge on any atom is -0.506 e. The van der Waals surface area contributed by atoms with Crippen molar-refractivity contribution in [2.45, 2.75) is 0 Å². The van der Waals surface area contributed by atoms with Crippen LogP contribution in [-0.4, -0.2) is 15.0 Å². The third-order valence-corrected chi connectivity index (χ3v) is 3.49. The molecule has 0 unspecified atom stereocenters. The van der Waals surface area contributed by atoms with Gasteiger partial charge in [0, 0.05) is 5.39 Å². The zero-order valence-corrected chi connectivity index (χ0v) is 11.3. The van der Waals surface area contributed by atoms with E-state index in [9.17, 15) is 15.2 Å². The van der Waals surface area contributed by atoms with Crippen LogP contribution in [0.15, 0.2) is 52.0 Å². The van der Waals surface area contributed by atoms with Crippen molar-refractivity contribution >= 4 is 38.7 Å². The van der Waals surface area contributed by atoms with Gasteiger partial charge in [-0.2, -0.15) is 0 Å². The molecule has 0 aliphatic heterocycles. The maximum absolute atomic E-state index is 10.6. The van der Waals surface area contributed by atoms with Gasteiger partial charge in [0.1, 0.15) is 11.4 Å². The number of azo groups is 1. The summed E-state index contributed by atoms with van der Waals surface area (Å²) in [6, 6.07) is 10.7. The number of fused-ring (bicyclic) bond motifs is 1. The van der Waals surface area contributed by atoms with Crippen molar-refractivity contribution in [3.05, 3.63) is 51.9 Å². The summed E-state index contributed by atoms with van der Waals surface area (Å²) in [6.07, 6.45) is 0. The highest BCUT2D eigenvalue weighted by Gasteiger charge is 2.13. The molecule has 1 N–H and O–H groups in total. The number of phenolic OH excluding ortho intramolecular Hbond substituents is 1. The molecule has 0 fully saturated rings. The number of rotatable bonds is 3. The number of hydrogen-bond acceptors (Lipinski definition) is 7. The summed E-state index contributed by atoms with van der Waals surface area (Å²) in [6.45, 7) is 0. The fourth-order valence-corrected chi connectivity index (χ4v) is 2.41. The molecule has 3 aromatic rings. The van der Waals surface area contributed by atoms with Crippen molar-refractivity contribution in [2.75, 3.05) is 0 Å². The summed E-state index contributed by atoms with van der Waals surface area (Å²) in [5.41, 5.74) is 0.311. The van der Waals surface area contributed by atoms with Crippen LogP contribution in [-0.2, 0) is 0 Å². The van der Waals surface area contributed by atoms with Crippen LogP contribution in [0, 0.1) is 10.1 Å². The highest BCUT2D eigenvalue weighted by atomic mass is 32.1. The molecule has 21 heavy (non-hydrogen) atoms. The van der Waals surface area contributed by atoms with Gasteiger partial charge in [-0.1, -0.05) is 46.8 Å². The second-order valence-corrected chi connectivity index (χ2v) is 4.94. The minimum atomic E-state index is -0.592. The van der Waals surface area contributed by atoms with Gasteiger partial charge < -0.3 is 15.2 Å². The Balaban J connectivity index is 2.02. The molecule has 0 saturated heterocycles. The van der Waals surface area contributed by atoms with Crippen molar-refractivity contribution < 1.29 is 10.0 Å². The van der Waals surface area contributed by atoms with Crippen LogP contribution in [0.1, 0.15) is 0 Å². The smallest absolute Gasteiger partial charge is 0.377 e. The lowest BCUT2D eigenvalue weighted by molar-refractivity contribution is -0.389.